The summed E-state index contributed by atoms with van der Waals surface area (Å²) >= 11 is 0. The Balaban J connectivity index is 1.10. The molecule has 14 rings (SSSR count). The van der Waals surface area contributed by atoms with Crippen LogP contribution in [0.1, 0.15) is 43.2 Å². The Morgan fingerprint density at radius 2 is 1.11 bits per heavy atom. The van der Waals surface area contributed by atoms with Crippen LogP contribution in [-0.2, 0) is 5.41 Å². The van der Waals surface area contributed by atoms with Crippen molar-refractivity contribution in [1.29, 1.82) is 0 Å². The molecule has 0 saturated heterocycles. The Hall–Kier alpha value is -6.32. The van der Waals surface area contributed by atoms with Crippen molar-refractivity contribution in [2.45, 2.75) is 37.5 Å². The van der Waals surface area contributed by atoms with Gasteiger partial charge in [-0.05, 0) is 137 Å². The Morgan fingerprint density at radius 1 is 0.439 bits per heavy atom. The maximum absolute atomic E-state index is 6.54. The van der Waals surface area contributed by atoms with Gasteiger partial charge in [-0.3, -0.25) is 0 Å². The van der Waals surface area contributed by atoms with Gasteiger partial charge in [-0.25, -0.2) is 9.97 Å². The Labute approximate surface area is 332 Å². The second-order valence-electron chi connectivity index (χ2n) is 17.3. The van der Waals surface area contributed by atoms with Crippen molar-refractivity contribution in [3.8, 4) is 56.0 Å². The summed E-state index contributed by atoms with van der Waals surface area (Å²) in [4.78, 5) is 11.0. The number of aromatic nitrogens is 2. The number of benzene rings is 7. The molecule has 7 aromatic carbocycles. The van der Waals surface area contributed by atoms with Crippen molar-refractivity contribution in [2.75, 3.05) is 0 Å². The highest BCUT2D eigenvalue weighted by molar-refractivity contribution is 6.07. The van der Waals surface area contributed by atoms with Crippen LogP contribution < -0.4 is 0 Å². The summed E-state index contributed by atoms with van der Waals surface area (Å²) in [5, 5.41) is 3.37. The monoisotopic (exact) mass is 732 g/mol. The molecule has 9 aromatic rings. The predicted molar refractivity (Wildman–Crippen MR) is 232 cm³/mol. The molecular formula is C54H40N2O. The zero-order chi connectivity index (χ0) is 37.2. The molecule has 0 radical (unpaired) electrons. The lowest BCUT2D eigenvalue weighted by Gasteiger charge is -2.61. The van der Waals surface area contributed by atoms with Gasteiger partial charge in [-0.1, -0.05) is 121 Å². The number of hydrogen-bond donors (Lipinski definition) is 0. The SMILES string of the molecule is c1ccc(-c2ccccc2-c2nc(-c3cc(-c4ccc5c(c4)oc4ccccc45)c4c(c3)C3(c5ccccc5-4)C4CC5CC(C4)CC3C5)nc3ccccc23)cc1. The van der Waals surface area contributed by atoms with Crippen LogP contribution in [0.5, 0.6) is 0 Å². The van der Waals surface area contributed by atoms with E-state index in [-0.39, 0.29) is 5.41 Å². The molecule has 0 aliphatic heterocycles. The van der Waals surface area contributed by atoms with E-state index in [1.54, 1.807) is 5.56 Å². The van der Waals surface area contributed by atoms with E-state index in [1.165, 1.54) is 71.0 Å². The molecule has 2 aromatic heterocycles. The van der Waals surface area contributed by atoms with Gasteiger partial charge in [0.1, 0.15) is 11.2 Å². The van der Waals surface area contributed by atoms with E-state index < -0.39 is 0 Å². The van der Waals surface area contributed by atoms with Crippen LogP contribution in [0.15, 0.2) is 162 Å². The zero-order valence-electron chi connectivity index (χ0n) is 31.7. The van der Waals surface area contributed by atoms with Crippen molar-refractivity contribution in [2.24, 2.45) is 23.7 Å². The number of rotatable bonds is 4. The van der Waals surface area contributed by atoms with Gasteiger partial charge in [0.2, 0.25) is 0 Å². The first-order valence-corrected chi connectivity index (χ1v) is 20.8. The molecule has 57 heavy (non-hydrogen) atoms. The van der Waals surface area contributed by atoms with Crippen molar-refractivity contribution < 1.29 is 4.42 Å². The van der Waals surface area contributed by atoms with Crippen LogP contribution in [-0.4, -0.2) is 9.97 Å². The molecule has 0 N–H and O–H groups in total. The maximum atomic E-state index is 6.54. The molecule has 0 unspecified atom stereocenters. The number of hydrogen-bond acceptors (Lipinski definition) is 3. The summed E-state index contributed by atoms with van der Waals surface area (Å²) in [6, 6.07) is 57.5. The fourth-order valence-electron chi connectivity index (χ4n) is 12.5. The summed E-state index contributed by atoms with van der Waals surface area (Å²) in [6.45, 7) is 0. The first-order valence-electron chi connectivity index (χ1n) is 20.8. The Bertz CT molecular complexity index is 3070. The Kier molecular flexibility index (Phi) is 6.62. The van der Waals surface area contributed by atoms with E-state index in [9.17, 15) is 0 Å². The minimum absolute atomic E-state index is 0.00679. The molecule has 5 aliphatic carbocycles. The van der Waals surface area contributed by atoms with Crippen LogP contribution in [0.25, 0.3) is 88.9 Å². The molecule has 0 amide bonds. The van der Waals surface area contributed by atoms with Crippen LogP contribution in [0, 0.1) is 23.7 Å². The number of fused-ring (bicyclic) bond motifs is 7. The van der Waals surface area contributed by atoms with E-state index in [2.05, 4.69) is 158 Å². The van der Waals surface area contributed by atoms with Gasteiger partial charge in [0.25, 0.3) is 0 Å². The molecule has 1 spiro atoms. The molecule has 4 saturated carbocycles. The zero-order valence-corrected chi connectivity index (χ0v) is 31.7. The molecule has 0 atom stereocenters. The van der Waals surface area contributed by atoms with Crippen LogP contribution in [0.4, 0.5) is 0 Å². The molecule has 4 fully saturated rings. The molecule has 3 nitrogen and oxygen atoms in total. The third-order valence-corrected chi connectivity index (χ3v) is 14.5. The molecule has 2 heterocycles. The van der Waals surface area contributed by atoms with Crippen molar-refractivity contribution in [3.05, 3.63) is 169 Å². The quantitative estimate of drug-likeness (QED) is 0.181. The van der Waals surface area contributed by atoms with Gasteiger partial charge < -0.3 is 4.42 Å². The standard InChI is InChI=1S/C54H40N2O/c1-2-12-34(13-3-1)39-14-4-5-16-42(39)52-44-18-7-10-20-48(44)55-53(56-52)36-29-45(35-22-23-41-40-15-8-11-21-49(40)57-50(41)31-35)51-43-17-6-9-19-46(43)54(47(51)30-36)37-25-32-24-33(27-37)28-38(54)26-32/h1-23,29-33,37-38H,24-28H2. The van der Waals surface area contributed by atoms with E-state index in [0.29, 0.717) is 11.8 Å². The lowest BCUT2D eigenvalue weighted by molar-refractivity contribution is -0.0399. The average molecular weight is 733 g/mol. The molecular weight excluding hydrogens is 693 g/mol. The highest BCUT2D eigenvalue weighted by atomic mass is 16.3. The highest BCUT2D eigenvalue weighted by Crippen LogP contribution is 2.70. The highest BCUT2D eigenvalue weighted by Gasteiger charge is 2.61. The topological polar surface area (TPSA) is 38.9 Å². The van der Waals surface area contributed by atoms with Gasteiger partial charge >= 0.3 is 0 Å². The summed E-state index contributed by atoms with van der Waals surface area (Å²) in [5.41, 5.74) is 16.6. The van der Waals surface area contributed by atoms with Crippen LogP contribution in [0.3, 0.4) is 0 Å². The molecule has 272 valence electrons. The van der Waals surface area contributed by atoms with Crippen molar-refractivity contribution >= 4 is 32.8 Å². The van der Waals surface area contributed by atoms with E-state index in [1.807, 2.05) is 0 Å². The maximum Gasteiger partial charge on any atom is 0.160 e. The Morgan fingerprint density at radius 3 is 1.93 bits per heavy atom. The van der Waals surface area contributed by atoms with Crippen molar-refractivity contribution in [1.82, 2.24) is 9.97 Å². The third kappa shape index (κ3) is 4.49. The van der Waals surface area contributed by atoms with Gasteiger partial charge in [0.15, 0.2) is 5.82 Å². The summed E-state index contributed by atoms with van der Waals surface area (Å²) < 4.78 is 6.54. The number of para-hydroxylation sites is 2. The average Bonchev–Trinajstić information content (AvgIpc) is 3.78. The predicted octanol–water partition coefficient (Wildman–Crippen LogP) is 13.9. The van der Waals surface area contributed by atoms with E-state index >= 15 is 0 Å². The molecule has 3 heteroatoms. The lowest BCUT2D eigenvalue weighted by atomic mass is 9.43. The summed E-state index contributed by atoms with van der Waals surface area (Å²) in [6.07, 6.45) is 6.76. The first kappa shape index (κ1) is 31.8. The minimum atomic E-state index is -0.00679. The van der Waals surface area contributed by atoms with Crippen LogP contribution in [0.2, 0.25) is 0 Å². The van der Waals surface area contributed by atoms with Crippen LogP contribution >= 0.6 is 0 Å². The smallest absolute Gasteiger partial charge is 0.160 e. The summed E-state index contributed by atoms with van der Waals surface area (Å²) in [5.74, 6) is 3.79. The van der Waals surface area contributed by atoms with Gasteiger partial charge in [0.05, 0.1) is 11.2 Å². The largest absolute Gasteiger partial charge is 0.456 e. The van der Waals surface area contributed by atoms with Gasteiger partial charge in [0, 0.05) is 32.7 Å². The van der Waals surface area contributed by atoms with Gasteiger partial charge in [-0.2, -0.15) is 0 Å². The molecule has 4 bridgehead atoms. The first-order chi connectivity index (χ1) is 28.2. The van der Waals surface area contributed by atoms with Crippen molar-refractivity contribution in [3.63, 3.8) is 0 Å². The molecule has 5 aliphatic rings. The third-order valence-electron chi connectivity index (χ3n) is 14.5. The second kappa shape index (κ2) is 11.8. The van der Waals surface area contributed by atoms with E-state index in [4.69, 9.17) is 14.4 Å². The normalized spacial score (nSPS) is 22.8. The second-order valence-corrected chi connectivity index (χ2v) is 17.3. The van der Waals surface area contributed by atoms with Gasteiger partial charge in [-0.15, -0.1) is 0 Å². The lowest BCUT2D eigenvalue weighted by Crippen LogP contribution is -2.55. The fourth-order valence-corrected chi connectivity index (χ4v) is 12.5. The number of nitrogens with zero attached hydrogens (tertiary/aromatic N) is 2. The van der Waals surface area contributed by atoms with E-state index in [0.717, 1.165) is 67.3 Å². The number of furan rings is 1. The summed E-state index contributed by atoms with van der Waals surface area (Å²) in [7, 11) is 0. The minimum Gasteiger partial charge on any atom is -0.456 e. The fraction of sp³-hybridized carbons (Fsp3) is 0.185.